The lowest BCUT2D eigenvalue weighted by Gasteiger charge is -2.00. The Morgan fingerprint density at radius 3 is 2.82 bits per heavy atom. The van der Waals surface area contributed by atoms with Crippen molar-refractivity contribution in [1.82, 2.24) is 4.98 Å². The molecule has 0 aliphatic carbocycles. The van der Waals surface area contributed by atoms with Crippen LogP contribution in [0, 0.1) is 0 Å². The summed E-state index contributed by atoms with van der Waals surface area (Å²) < 4.78 is 0. The van der Waals surface area contributed by atoms with E-state index >= 15 is 0 Å². The molecular formula is C13H10N2OS. The fourth-order valence-electron chi connectivity index (χ4n) is 1.78. The van der Waals surface area contributed by atoms with Gasteiger partial charge in [-0.05, 0) is 23.8 Å². The number of hydrogen-bond donors (Lipinski definition) is 2. The van der Waals surface area contributed by atoms with E-state index in [0.29, 0.717) is 16.3 Å². The van der Waals surface area contributed by atoms with Crippen LogP contribution in [-0.2, 0) is 0 Å². The molecule has 0 bridgehead atoms. The zero-order valence-electron chi connectivity index (χ0n) is 8.94. The van der Waals surface area contributed by atoms with Gasteiger partial charge in [-0.1, -0.05) is 30.0 Å². The molecule has 4 heteroatoms. The fraction of sp³-hybridized carbons (Fsp3) is 0. The van der Waals surface area contributed by atoms with Crippen molar-refractivity contribution in [3.05, 3.63) is 52.7 Å². The molecule has 0 radical (unpaired) electrons. The number of ketones is 1. The van der Waals surface area contributed by atoms with Gasteiger partial charge in [0, 0.05) is 16.8 Å². The summed E-state index contributed by atoms with van der Waals surface area (Å²) in [4.78, 5) is 16.7. The number of nitrogens with two attached hydrogens (primary N) is 1. The number of carbonyl (C=O) groups excluding carboxylic acids is 1. The number of nitrogens with one attached hydrogen (secondary N) is 1. The normalized spacial score (nSPS) is 16.5. The average molecular weight is 242 g/mol. The molecule has 0 atom stereocenters. The molecular weight excluding hydrogens is 232 g/mol. The molecule has 3 N–H and O–H groups in total. The van der Waals surface area contributed by atoms with Crippen molar-refractivity contribution in [2.24, 2.45) is 0 Å². The number of benzene rings is 1. The number of para-hydroxylation sites is 1. The van der Waals surface area contributed by atoms with Crippen molar-refractivity contribution >= 4 is 29.3 Å². The number of anilines is 1. The highest BCUT2D eigenvalue weighted by Gasteiger charge is 2.26. The zero-order chi connectivity index (χ0) is 11.8. The third-order valence-electron chi connectivity index (χ3n) is 2.66. The van der Waals surface area contributed by atoms with E-state index in [4.69, 9.17) is 5.73 Å². The van der Waals surface area contributed by atoms with Crippen LogP contribution < -0.4 is 5.73 Å². The molecule has 2 heterocycles. The maximum absolute atomic E-state index is 12.0. The molecule has 1 aromatic heterocycles. The van der Waals surface area contributed by atoms with Gasteiger partial charge in [-0.3, -0.25) is 4.79 Å². The molecule has 3 rings (SSSR count). The van der Waals surface area contributed by atoms with E-state index in [-0.39, 0.29) is 5.78 Å². The van der Waals surface area contributed by atoms with Gasteiger partial charge in [0.2, 0.25) is 5.78 Å². The summed E-state index contributed by atoms with van der Waals surface area (Å²) in [5, 5.41) is 0. The minimum atomic E-state index is 0.0400. The minimum Gasteiger partial charge on any atom is -0.398 e. The van der Waals surface area contributed by atoms with Crippen LogP contribution in [0.5, 0.6) is 0 Å². The second-order valence-corrected chi connectivity index (χ2v) is 4.87. The molecule has 0 unspecified atom stereocenters. The minimum absolute atomic E-state index is 0.0400. The van der Waals surface area contributed by atoms with Crippen LogP contribution in [0.1, 0.15) is 16.1 Å². The van der Waals surface area contributed by atoms with Crippen molar-refractivity contribution in [2.45, 2.75) is 4.90 Å². The number of fused-ring (bicyclic) bond motifs is 1. The predicted octanol–water partition coefficient (Wildman–Crippen LogP) is 2.93. The van der Waals surface area contributed by atoms with Crippen LogP contribution in [0.4, 0.5) is 5.69 Å². The second-order valence-electron chi connectivity index (χ2n) is 3.79. The van der Waals surface area contributed by atoms with Crippen LogP contribution in [0.25, 0.3) is 6.08 Å². The molecule has 0 fully saturated rings. The summed E-state index contributed by atoms with van der Waals surface area (Å²) in [6.45, 7) is 0. The molecule has 84 valence electrons. The highest BCUT2D eigenvalue weighted by Crippen LogP contribution is 2.40. The van der Waals surface area contributed by atoms with Gasteiger partial charge in [0.05, 0.1) is 4.91 Å². The fourth-order valence-corrected chi connectivity index (χ4v) is 2.79. The number of hydrogen-bond acceptors (Lipinski definition) is 3. The van der Waals surface area contributed by atoms with E-state index in [9.17, 15) is 4.79 Å². The topological polar surface area (TPSA) is 58.9 Å². The smallest absolute Gasteiger partial charge is 0.217 e. The SMILES string of the molecule is Nc1ccccc1/C=C1/Sc2cc[nH]c2C1=O. The maximum atomic E-state index is 12.0. The Hall–Kier alpha value is -1.94. The lowest BCUT2D eigenvalue weighted by atomic mass is 10.1. The molecule has 0 spiro atoms. The first-order valence-corrected chi connectivity index (χ1v) is 6.03. The number of Topliss-reactive ketones (excluding diaryl/α,β-unsaturated/α-hetero) is 1. The third kappa shape index (κ3) is 1.66. The van der Waals surface area contributed by atoms with Crippen LogP contribution in [0.15, 0.2) is 46.3 Å². The van der Waals surface area contributed by atoms with E-state index in [1.165, 1.54) is 11.8 Å². The van der Waals surface area contributed by atoms with E-state index in [1.54, 1.807) is 6.20 Å². The van der Waals surface area contributed by atoms with Gasteiger partial charge in [-0.15, -0.1) is 0 Å². The van der Waals surface area contributed by atoms with Crippen molar-refractivity contribution in [3.8, 4) is 0 Å². The monoisotopic (exact) mass is 242 g/mol. The van der Waals surface area contributed by atoms with E-state index in [2.05, 4.69) is 4.98 Å². The summed E-state index contributed by atoms with van der Waals surface area (Å²) >= 11 is 1.48. The summed E-state index contributed by atoms with van der Waals surface area (Å²) in [5.41, 5.74) is 8.10. The summed E-state index contributed by atoms with van der Waals surface area (Å²) in [6, 6.07) is 9.43. The van der Waals surface area contributed by atoms with Crippen molar-refractivity contribution in [3.63, 3.8) is 0 Å². The Bertz CT molecular complexity index is 628. The lowest BCUT2D eigenvalue weighted by molar-refractivity contribution is 0.104. The van der Waals surface area contributed by atoms with Crippen molar-refractivity contribution in [2.75, 3.05) is 5.73 Å². The highest BCUT2D eigenvalue weighted by molar-refractivity contribution is 8.04. The number of allylic oxidation sites excluding steroid dienone is 1. The largest absolute Gasteiger partial charge is 0.398 e. The van der Waals surface area contributed by atoms with Crippen LogP contribution in [0.2, 0.25) is 0 Å². The number of aromatic nitrogens is 1. The van der Waals surface area contributed by atoms with Gasteiger partial charge in [-0.2, -0.15) is 0 Å². The van der Waals surface area contributed by atoms with E-state index < -0.39 is 0 Å². The van der Waals surface area contributed by atoms with Gasteiger partial charge in [0.25, 0.3) is 0 Å². The highest BCUT2D eigenvalue weighted by atomic mass is 32.2. The number of carbonyl (C=O) groups is 1. The number of H-pyrrole nitrogens is 1. The van der Waals surface area contributed by atoms with Gasteiger partial charge >= 0.3 is 0 Å². The molecule has 0 amide bonds. The first-order chi connectivity index (χ1) is 8.25. The number of nitrogen functional groups attached to an aromatic ring is 1. The van der Waals surface area contributed by atoms with Crippen LogP contribution >= 0.6 is 11.8 Å². The lowest BCUT2D eigenvalue weighted by Crippen LogP contribution is -1.96. The van der Waals surface area contributed by atoms with Crippen LogP contribution in [0.3, 0.4) is 0 Å². The molecule has 1 aromatic carbocycles. The van der Waals surface area contributed by atoms with Gasteiger partial charge in [-0.25, -0.2) is 0 Å². The molecule has 17 heavy (non-hydrogen) atoms. The standard InChI is InChI=1S/C13H10N2OS/c14-9-4-2-1-3-8(9)7-11-13(16)12-10(17-11)5-6-15-12/h1-7,15H,14H2/b11-7+. The van der Waals surface area contributed by atoms with Gasteiger partial charge in [0.1, 0.15) is 5.69 Å². The Labute approximate surface area is 103 Å². The Balaban J connectivity index is 2.01. The number of rotatable bonds is 1. The number of aromatic amines is 1. The van der Waals surface area contributed by atoms with Crippen LogP contribution in [-0.4, -0.2) is 10.8 Å². The second kappa shape index (κ2) is 3.82. The molecule has 3 nitrogen and oxygen atoms in total. The molecule has 0 saturated heterocycles. The molecule has 0 saturated carbocycles. The zero-order valence-corrected chi connectivity index (χ0v) is 9.75. The van der Waals surface area contributed by atoms with Gasteiger partial charge < -0.3 is 10.7 Å². The Morgan fingerprint density at radius 2 is 2.06 bits per heavy atom. The van der Waals surface area contributed by atoms with E-state index in [1.807, 2.05) is 36.4 Å². The summed E-state index contributed by atoms with van der Waals surface area (Å²) in [7, 11) is 0. The first-order valence-electron chi connectivity index (χ1n) is 5.22. The Kier molecular flexibility index (Phi) is 2.30. The molecule has 1 aliphatic heterocycles. The predicted molar refractivity (Wildman–Crippen MR) is 69.8 cm³/mol. The summed E-state index contributed by atoms with van der Waals surface area (Å²) in [5.74, 6) is 0.0400. The summed E-state index contributed by atoms with van der Waals surface area (Å²) in [6.07, 6.45) is 3.62. The number of thioether (sulfide) groups is 1. The van der Waals surface area contributed by atoms with Crippen molar-refractivity contribution in [1.29, 1.82) is 0 Å². The van der Waals surface area contributed by atoms with Crippen molar-refractivity contribution < 1.29 is 4.79 Å². The molecule has 1 aliphatic rings. The quantitative estimate of drug-likeness (QED) is 0.597. The van der Waals surface area contributed by atoms with E-state index in [0.717, 1.165) is 10.5 Å². The average Bonchev–Trinajstić information content (AvgIpc) is 2.87. The third-order valence-corrected chi connectivity index (χ3v) is 3.75. The Morgan fingerprint density at radius 1 is 1.24 bits per heavy atom. The first kappa shape index (κ1) is 10.2. The maximum Gasteiger partial charge on any atom is 0.217 e. The molecule has 2 aromatic rings. The van der Waals surface area contributed by atoms with Gasteiger partial charge in [0.15, 0.2) is 0 Å².